The highest BCUT2D eigenvalue weighted by molar-refractivity contribution is 5.95. The maximum Gasteiger partial charge on any atom is 0.251 e. The van der Waals surface area contributed by atoms with E-state index in [-0.39, 0.29) is 17.6 Å². The number of fused-ring (bicyclic) bond motifs is 5. The molecule has 3 aromatic rings. The molecule has 2 amide bonds. The van der Waals surface area contributed by atoms with Crippen LogP contribution in [-0.4, -0.2) is 53.0 Å². The molecule has 0 radical (unpaired) electrons. The molecule has 0 fully saturated rings. The summed E-state index contributed by atoms with van der Waals surface area (Å²) in [6, 6.07) is 16.6. The highest BCUT2D eigenvalue weighted by atomic mass is 16.3. The zero-order valence-electron chi connectivity index (χ0n) is 19.2. The third-order valence-electron chi connectivity index (χ3n) is 5.94. The summed E-state index contributed by atoms with van der Waals surface area (Å²) in [5.41, 5.74) is 4.12. The standard InChI is InChI=1S/C27H30N4O3/c32-25-7-6-20-10-14-29-26(33)19-31(18-21-8-12-28-13-9-21)15-2-1-11-30-27(34)23-5-3-4-22(17-23)24(25)16-20/h3-9,12-13,16-17,32H,1-2,10-11,14-15,18-19H2,(H,29,33)(H,30,34). The molecule has 7 heteroatoms. The predicted octanol–water partition coefficient (Wildman–Crippen LogP) is 3.14. The van der Waals surface area contributed by atoms with Crippen molar-refractivity contribution in [1.29, 1.82) is 0 Å². The van der Waals surface area contributed by atoms with Gasteiger partial charge in [-0.1, -0.05) is 18.2 Å². The monoisotopic (exact) mass is 458 g/mol. The van der Waals surface area contributed by atoms with E-state index in [2.05, 4.69) is 20.5 Å². The van der Waals surface area contributed by atoms with Crippen LogP contribution < -0.4 is 10.6 Å². The maximum atomic E-state index is 12.7. The van der Waals surface area contributed by atoms with Crippen LogP contribution >= 0.6 is 0 Å². The lowest BCUT2D eigenvalue weighted by Gasteiger charge is -2.22. The number of aromatic hydroxyl groups is 1. The molecule has 34 heavy (non-hydrogen) atoms. The maximum absolute atomic E-state index is 12.7. The number of hydrogen-bond acceptors (Lipinski definition) is 5. The summed E-state index contributed by atoms with van der Waals surface area (Å²) in [6.45, 7) is 2.78. The van der Waals surface area contributed by atoms with Crippen molar-refractivity contribution in [3.05, 3.63) is 83.7 Å². The lowest BCUT2D eigenvalue weighted by molar-refractivity contribution is -0.122. The van der Waals surface area contributed by atoms with E-state index in [1.165, 1.54) is 0 Å². The number of nitrogens with zero attached hydrogens (tertiary/aromatic N) is 2. The van der Waals surface area contributed by atoms with E-state index >= 15 is 0 Å². The average Bonchev–Trinajstić information content (AvgIpc) is 2.85. The first-order valence-electron chi connectivity index (χ1n) is 11.7. The van der Waals surface area contributed by atoms with E-state index in [9.17, 15) is 14.7 Å². The van der Waals surface area contributed by atoms with Gasteiger partial charge in [-0.3, -0.25) is 19.5 Å². The van der Waals surface area contributed by atoms with Crippen molar-refractivity contribution in [3.8, 4) is 16.9 Å². The Morgan fingerprint density at radius 1 is 0.912 bits per heavy atom. The highest BCUT2D eigenvalue weighted by Crippen LogP contribution is 2.30. The van der Waals surface area contributed by atoms with Crippen molar-refractivity contribution < 1.29 is 14.7 Å². The fraction of sp³-hybridized carbons (Fsp3) is 0.296. The van der Waals surface area contributed by atoms with Gasteiger partial charge in [-0.15, -0.1) is 0 Å². The fourth-order valence-corrected chi connectivity index (χ4v) is 4.13. The first-order valence-corrected chi connectivity index (χ1v) is 11.7. The topological polar surface area (TPSA) is 94.6 Å². The lowest BCUT2D eigenvalue weighted by atomic mass is 9.98. The molecule has 176 valence electrons. The molecule has 1 aliphatic rings. The summed E-state index contributed by atoms with van der Waals surface area (Å²) in [6.07, 6.45) is 5.82. The predicted molar refractivity (Wildman–Crippen MR) is 131 cm³/mol. The van der Waals surface area contributed by atoms with Gasteiger partial charge in [-0.05, 0) is 78.9 Å². The van der Waals surface area contributed by atoms with Gasteiger partial charge in [0.1, 0.15) is 5.75 Å². The largest absolute Gasteiger partial charge is 0.507 e. The van der Waals surface area contributed by atoms with Gasteiger partial charge >= 0.3 is 0 Å². The summed E-state index contributed by atoms with van der Waals surface area (Å²) in [5.74, 6) is 0.00769. The second kappa shape index (κ2) is 11.4. The van der Waals surface area contributed by atoms with E-state index < -0.39 is 0 Å². The SMILES string of the molecule is O=C1CN(Cc2ccncc2)CCCCNC(=O)c2cccc(c2)-c2cc(ccc2O)CCN1. The average molecular weight is 459 g/mol. The van der Waals surface area contributed by atoms with Gasteiger partial charge < -0.3 is 15.7 Å². The van der Waals surface area contributed by atoms with Crippen molar-refractivity contribution in [1.82, 2.24) is 20.5 Å². The van der Waals surface area contributed by atoms with Crippen LogP contribution in [0.3, 0.4) is 0 Å². The molecular formula is C27H30N4O3. The molecule has 2 aromatic carbocycles. The number of carbonyl (C=O) groups is 2. The first kappa shape index (κ1) is 23.4. The Balaban J connectivity index is 1.52. The quantitative estimate of drug-likeness (QED) is 0.549. The van der Waals surface area contributed by atoms with Crippen molar-refractivity contribution in [2.75, 3.05) is 26.2 Å². The number of phenolic OH excluding ortho intramolecular Hbond substituents is 1. The molecule has 0 spiro atoms. The Hall–Kier alpha value is -3.71. The minimum atomic E-state index is -0.133. The summed E-state index contributed by atoms with van der Waals surface area (Å²) in [4.78, 5) is 31.5. The number of carbonyl (C=O) groups excluding carboxylic acids is 2. The zero-order valence-corrected chi connectivity index (χ0v) is 19.2. The number of rotatable bonds is 2. The third kappa shape index (κ3) is 6.42. The molecule has 0 saturated carbocycles. The molecule has 1 aliphatic heterocycles. The number of amides is 2. The molecule has 0 unspecified atom stereocenters. The van der Waals surface area contributed by atoms with Gasteiger partial charge in [0, 0.05) is 43.2 Å². The molecule has 2 heterocycles. The van der Waals surface area contributed by atoms with Crippen molar-refractivity contribution in [2.45, 2.75) is 25.8 Å². The minimum absolute atomic E-state index is 0.0184. The van der Waals surface area contributed by atoms with Crippen LogP contribution in [0.1, 0.15) is 34.3 Å². The van der Waals surface area contributed by atoms with Crippen LogP contribution in [0, 0.1) is 0 Å². The van der Waals surface area contributed by atoms with E-state index in [1.807, 2.05) is 36.4 Å². The Labute approximate surface area is 199 Å². The summed E-state index contributed by atoms with van der Waals surface area (Å²) in [7, 11) is 0. The molecule has 4 rings (SSSR count). The molecule has 7 nitrogen and oxygen atoms in total. The van der Waals surface area contributed by atoms with Gasteiger partial charge in [0.2, 0.25) is 5.91 Å². The van der Waals surface area contributed by atoms with Crippen LogP contribution in [0.25, 0.3) is 11.1 Å². The van der Waals surface area contributed by atoms with Crippen molar-refractivity contribution in [2.24, 2.45) is 0 Å². The van der Waals surface area contributed by atoms with Crippen LogP contribution in [-0.2, 0) is 17.8 Å². The Morgan fingerprint density at radius 2 is 1.74 bits per heavy atom. The van der Waals surface area contributed by atoms with Crippen molar-refractivity contribution >= 4 is 11.8 Å². The third-order valence-corrected chi connectivity index (χ3v) is 5.94. The number of pyridine rings is 1. The fourth-order valence-electron chi connectivity index (χ4n) is 4.13. The van der Waals surface area contributed by atoms with Gasteiger partial charge in [-0.2, -0.15) is 0 Å². The second-order valence-electron chi connectivity index (χ2n) is 8.56. The van der Waals surface area contributed by atoms with Crippen LogP contribution in [0.5, 0.6) is 5.75 Å². The number of phenols is 1. The van der Waals surface area contributed by atoms with Crippen LogP contribution in [0.4, 0.5) is 0 Å². The normalized spacial score (nSPS) is 16.1. The summed E-state index contributed by atoms with van der Waals surface area (Å²) < 4.78 is 0. The van der Waals surface area contributed by atoms with Gasteiger partial charge in [0.15, 0.2) is 0 Å². The summed E-state index contributed by atoms with van der Waals surface area (Å²) >= 11 is 0. The van der Waals surface area contributed by atoms with Gasteiger partial charge in [0.25, 0.3) is 5.91 Å². The smallest absolute Gasteiger partial charge is 0.251 e. The van der Waals surface area contributed by atoms with E-state index in [0.717, 1.165) is 36.1 Å². The van der Waals surface area contributed by atoms with Gasteiger partial charge in [-0.25, -0.2) is 0 Å². The van der Waals surface area contributed by atoms with Crippen LogP contribution in [0.15, 0.2) is 67.0 Å². The molecule has 0 atom stereocenters. The van der Waals surface area contributed by atoms with E-state index in [0.29, 0.717) is 43.7 Å². The van der Waals surface area contributed by atoms with E-state index in [4.69, 9.17) is 0 Å². The van der Waals surface area contributed by atoms with Gasteiger partial charge in [0.05, 0.1) is 6.54 Å². The Kier molecular flexibility index (Phi) is 7.88. The number of aromatic nitrogens is 1. The highest BCUT2D eigenvalue weighted by Gasteiger charge is 2.14. The van der Waals surface area contributed by atoms with Crippen LogP contribution in [0.2, 0.25) is 0 Å². The molecule has 1 aromatic heterocycles. The molecular weight excluding hydrogens is 428 g/mol. The van der Waals surface area contributed by atoms with E-state index in [1.54, 1.807) is 30.6 Å². The van der Waals surface area contributed by atoms with Crippen molar-refractivity contribution in [3.63, 3.8) is 0 Å². The Morgan fingerprint density at radius 3 is 2.59 bits per heavy atom. The molecule has 3 N–H and O–H groups in total. The molecule has 4 bridgehead atoms. The number of nitrogens with one attached hydrogen (secondary N) is 2. The number of hydrogen-bond donors (Lipinski definition) is 3. The molecule has 0 aliphatic carbocycles. The number of benzene rings is 2. The lowest BCUT2D eigenvalue weighted by Crippen LogP contribution is -2.38. The first-order chi connectivity index (χ1) is 16.6. The minimum Gasteiger partial charge on any atom is -0.507 e. The molecule has 0 saturated heterocycles. The Bertz CT molecular complexity index is 1130. The second-order valence-corrected chi connectivity index (χ2v) is 8.56. The zero-order chi connectivity index (χ0) is 23.8. The summed E-state index contributed by atoms with van der Waals surface area (Å²) in [5, 5.41) is 16.4.